The van der Waals surface area contributed by atoms with Crippen LogP contribution in [0.25, 0.3) is 0 Å². The average Bonchev–Trinajstić information content (AvgIpc) is 2.81. The van der Waals surface area contributed by atoms with Gasteiger partial charge in [0.15, 0.2) is 0 Å². The third-order valence-corrected chi connectivity index (χ3v) is 5.01. The van der Waals surface area contributed by atoms with Gasteiger partial charge >= 0.3 is 0 Å². The minimum Gasteiger partial charge on any atom is -0.497 e. The molecule has 1 aliphatic heterocycles. The molecule has 3 aromatic rings. The second-order valence-corrected chi connectivity index (χ2v) is 6.93. The Hall–Kier alpha value is -3.95. The number of rotatable bonds is 5. The molecule has 9 nitrogen and oxygen atoms in total. The van der Waals surface area contributed by atoms with Crippen molar-refractivity contribution in [3.63, 3.8) is 0 Å². The molecule has 2 aromatic heterocycles. The summed E-state index contributed by atoms with van der Waals surface area (Å²) in [6.07, 6.45) is 3.13. The maximum absolute atomic E-state index is 14.1. The zero-order valence-corrected chi connectivity index (χ0v) is 17.0. The monoisotopic (exact) mass is 423 g/mol. The molecule has 1 fully saturated rings. The van der Waals surface area contributed by atoms with Crippen LogP contribution in [0.2, 0.25) is 0 Å². The number of methoxy groups -OCH3 is 1. The Morgan fingerprint density at radius 2 is 1.90 bits per heavy atom. The summed E-state index contributed by atoms with van der Waals surface area (Å²) < 4.78 is 19.1. The first-order valence-corrected chi connectivity index (χ1v) is 9.73. The Kier molecular flexibility index (Phi) is 5.78. The van der Waals surface area contributed by atoms with Crippen LogP contribution in [0.4, 0.5) is 27.7 Å². The van der Waals surface area contributed by atoms with Crippen molar-refractivity contribution in [3.05, 3.63) is 60.2 Å². The minimum absolute atomic E-state index is 0.0138. The molecular weight excluding hydrogens is 401 g/mol. The largest absolute Gasteiger partial charge is 0.497 e. The zero-order valence-electron chi connectivity index (χ0n) is 17.0. The summed E-state index contributed by atoms with van der Waals surface area (Å²) >= 11 is 0. The number of piperazine rings is 1. The van der Waals surface area contributed by atoms with Gasteiger partial charge in [0.05, 0.1) is 12.8 Å². The number of benzene rings is 1. The Labute approximate surface area is 178 Å². The smallest absolute Gasteiger partial charge is 0.261 e. The van der Waals surface area contributed by atoms with Gasteiger partial charge in [-0.15, -0.1) is 0 Å². The summed E-state index contributed by atoms with van der Waals surface area (Å²) in [4.78, 5) is 29.7. The van der Waals surface area contributed by atoms with Gasteiger partial charge in [0, 0.05) is 44.6 Å². The number of pyridine rings is 1. The second-order valence-electron chi connectivity index (χ2n) is 6.93. The molecular formula is C21H22FN7O2. The van der Waals surface area contributed by atoms with Crippen molar-refractivity contribution in [2.75, 3.05) is 54.1 Å². The van der Waals surface area contributed by atoms with E-state index in [0.717, 1.165) is 18.9 Å². The highest BCUT2D eigenvalue weighted by molar-refractivity contribution is 6.07. The number of halogens is 1. The third kappa shape index (κ3) is 4.47. The van der Waals surface area contributed by atoms with Gasteiger partial charge in [0.1, 0.15) is 28.8 Å². The molecule has 0 bridgehead atoms. The van der Waals surface area contributed by atoms with Crippen LogP contribution in [-0.4, -0.2) is 54.1 Å². The number of anilines is 4. The molecule has 160 valence electrons. The second kappa shape index (κ2) is 8.82. The highest BCUT2D eigenvalue weighted by atomic mass is 19.1. The Balaban J connectivity index is 1.42. The lowest BCUT2D eigenvalue weighted by Gasteiger charge is -2.35. The number of aromatic nitrogens is 3. The van der Waals surface area contributed by atoms with Crippen LogP contribution in [0.5, 0.6) is 5.75 Å². The van der Waals surface area contributed by atoms with Crippen molar-refractivity contribution in [1.82, 2.24) is 15.0 Å². The SMILES string of the molecule is COc1ccc(NC(=O)c2cnc(N3CCN(c4ccccn4)CC3)nc2N)c(F)c1. The van der Waals surface area contributed by atoms with Crippen molar-refractivity contribution in [2.24, 2.45) is 0 Å². The normalized spacial score (nSPS) is 13.7. The number of amides is 1. The van der Waals surface area contributed by atoms with Crippen LogP contribution in [0, 0.1) is 5.82 Å². The van der Waals surface area contributed by atoms with Crippen molar-refractivity contribution in [1.29, 1.82) is 0 Å². The van der Waals surface area contributed by atoms with E-state index in [1.165, 1.54) is 25.4 Å². The molecule has 31 heavy (non-hydrogen) atoms. The maximum atomic E-state index is 14.1. The lowest BCUT2D eigenvalue weighted by molar-refractivity contribution is 0.102. The molecule has 0 atom stereocenters. The van der Waals surface area contributed by atoms with Gasteiger partial charge in [-0.05, 0) is 24.3 Å². The maximum Gasteiger partial charge on any atom is 0.261 e. The van der Waals surface area contributed by atoms with E-state index in [4.69, 9.17) is 10.5 Å². The summed E-state index contributed by atoms with van der Waals surface area (Å²) in [5.74, 6) is 0.558. The number of ether oxygens (including phenoxy) is 1. The van der Waals surface area contributed by atoms with Crippen LogP contribution in [0.3, 0.4) is 0 Å². The van der Waals surface area contributed by atoms with E-state index in [9.17, 15) is 9.18 Å². The number of hydrogen-bond acceptors (Lipinski definition) is 8. The predicted molar refractivity (Wildman–Crippen MR) is 116 cm³/mol. The number of nitrogens with one attached hydrogen (secondary N) is 1. The molecule has 10 heteroatoms. The highest BCUT2D eigenvalue weighted by Gasteiger charge is 2.22. The van der Waals surface area contributed by atoms with Gasteiger partial charge in [0.25, 0.3) is 5.91 Å². The molecule has 1 aromatic carbocycles. The average molecular weight is 423 g/mol. The fourth-order valence-corrected chi connectivity index (χ4v) is 3.30. The number of hydrogen-bond donors (Lipinski definition) is 2. The van der Waals surface area contributed by atoms with Gasteiger partial charge < -0.3 is 25.6 Å². The quantitative estimate of drug-likeness (QED) is 0.643. The number of carbonyl (C=O) groups is 1. The summed E-state index contributed by atoms with van der Waals surface area (Å²) in [6, 6.07) is 9.97. The van der Waals surface area contributed by atoms with Crippen molar-refractivity contribution in [3.8, 4) is 5.75 Å². The first-order chi connectivity index (χ1) is 15.0. The molecule has 0 spiro atoms. The molecule has 3 N–H and O–H groups in total. The van der Waals surface area contributed by atoms with Crippen LogP contribution in [0.1, 0.15) is 10.4 Å². The van der Waals surface area contributed by atoms with Gasteiger partial charge in [-0.2, -0.15) is 4.98 Å². The van der Waals surface area contributed by atoms with E-state index < -0.39 is 11.7 Å². The van der Waals surface area contributed by atoms with Crippen molar-refractivity contribution < 1.29 is 13.9 Å². The van der Waals surface area contributed by atoms with E-state index in [1.807, 2.05) is 23.1 Å². The first-order valence-electron chi connectivity index (χ1n) is 9.73. The summed E-state index contributed by atoms with van der Waals surface area (Å²) in [5, 5.41) is 2.48. The van der Waals surface area contributed by atoms with E-state index in [1.54, 1.807) is 12.3 Å². The van der Waals surface area contributed by atoms with Gasteiger partial charge in [-0.25, -0.2) is 14.4 Å². The van der Waals surface area contributed by atoms with E-state index in [0.29, 0.717) is 24.8 Å². The molecule has 0 saturated carbocycles. The van der Waals surface area contributed by atoms with Crippen LogP contribution < -0.4 is 25.6 Å². The molecule has 4 rings (SSSR count). The fourth-order valence-electron chi connectivity index (χ4n) is 3.30. The standard InChI is InChI=1S/C21H22FN7O2/c1-31-14-5-6-17(16(22)12-14)26-20(30)15-13-25-21(27-19(15)23)29-10-8-28(9-11-29)18-4-2-3-7-24-18/h2-7,12-13H,8-11H2,1H3,(H,26,30)(H2,23,25,27). The molecule has 1 amide bonds. The summed E-state index contributed by atoms with van der Waals surface area (Å²) in [5.41, 5.74) is 6.10. The zero-order chi connectivity index (χ0) is 21.8. The van der Waals surface area contributed by atoms with E-state index >= 15 is 0 Å². The fraction of sp³-hybridized carbons (Fsp3) is 0.238. The summed E-state index contributed by atoms with van der Waals surface area (Å²) in [6.45, 7) is 2.91. The number of nitrogen functional groups attached to an aromatic ring is 1. The number of nitrogens with two attached hydrogens (primary N) is 1. The minimum atomic E-state index is -0.616. The van der Waals surface area contributed by atoms with E-state index in [2.05, 4.69) is 25.2 Å². The molecule has 0 radical (unpaired) electrons. The molecule has 0 aliphatic carbocycles. The Morgan fingerprint density at radius 1 is 1.13 bits per heavy atom. The molecule has 1 aliphatic rings. The molecule has 0 unspecified atom stereocenters. The Bertz CT molecular complexity index is 1070. The molecule has 1 saturated heterocycles. The summed E-state index contributed by atoms with van der Waals surface area (Å²) in [7, 11) is 1.44. The van der Waals surface area contributed by atoms with Crippen LogP contribution >= 0.6 is 0 Å². The van der Waals surface area contributed by atoms with Crippen molar-refractivity contribution in [2.45, 2.75) is 0 Å². The third-order valence-electron chi connectivity index (χ3n) is 5.01. The Morgan fingerprint density at radius 3 is 2.55 bits per heavy atom. The number of nitrogens with zero attached hydrogens (tertiary/aromatic N) is 5. The van der Waals surface area contributed by atoms with Crippen LogP contribution in [0.15, 0.2) is 48.8 Å². The van der Waals surface area contributed by atoms with E-state index in [-0.39, 0.29) is 17.1 Å². The van der Waals surface area contributed by atoms with Crippen molar-refractivity contribution >= 4 is 29.2 Å². The molecule has 3 heterocycles. The van der Waals surface area contributed by atoms with Gasteiger partial charge in [0.2, 0.25) is 5.95 Å². The number of carbonyl (C=O) groups excluding carboxylic acids is 1. The highest BCUT2D eigenvalue weighted by Crippen LogP contribution is 2.22. The lowest BCUT2D eigenvalue weighted by Crippen LogP contribution is -2.47. The van der Waals surface area contributed by atoms with Gasteiger partial charge in [-0.3, -0.25) is 4.79 Å². The topological polar surface area (TPSA) is 110 Å². The predicted octanol–water partition coefficient (Wildman–Crippen LogP) is 2.18. The lowest BCUT2D eigenvalue weighted by atomic mass is 10.2. The van der Waals surface area contributed by atoms with Gasteiger partial charge in [-0.1, -0.05) is 6.07 Å². The first kappa shape index (κ1) is 20.3. The van der Waals surface area contributed by atoms with Crippen LogP contribution in [-0.2, 0) is 0 Å².